The molecular weight excluding hydrogens is 243 g/mol. The molecule has 0 aromatic heterocycles. The Labute approximate surface area is 111 Å². The normalized spacial score (nSPS) is 10.6. The van der Waals surface area contributed by atoms with Gasteiger partial charge in [-0.15, -0.1) is 0 Å². The third kappa shape index (κ3) is 4.10. The molecular formula is C15H15FN2O. The van der Waals surface area contributed by atoms with Crippen LogP contribution in [0.5, 0.6) is 5.75 Å². The van der Waals surface area contributed by atoms with E-state index in [0.717, 1.165) is 16.9 Å². The van der Waals surface area contributed by atoms with Gasteiger partial charge >= 0.3 is 0 Å². The highest BCUT2D eigenvalue weighted by molar-refractivity contribution is 5.79. The molecule has 0 amide bonds. The second kappa shape index (κ2) is 6.54. The summed E-state index contributed by atoms with van der Waals surface area (Å²) in [5.41, 5.74) is 4.61. The highest BCUT2D eigenvalue weighted by Crippen LogP contribution is 2.13. The maximum absolute atomic E-state index is 12.7. The summed E-state index contributed by atoms with van der Waals surface area (Å²) in [5, 5.41) is 3.92. The van der Waals surface area contributed by atoms with Gasteiger partial charge in [-0.3, -0.25) is 0 Å². The zero-order valence-corrected chi connectivity index (χ0v) is 10.6. The van der Waals surface area contributed by atoms with Crippen molar-refractivity contribution in [1.29, 1.82) is 0 Å². The van der Waals surface area contributed by atoms with Gasteiger partial charge in [0.1, 0.15) is 18.2 Å². The molecule has 0 aliphatic heterocycles. The molecule has 2 aromatic rings. The number of rotatable bonds is 5. The molecule has 1 N–H and O–H groups in total. The highest BCUT2D eigenvalue weighted by atomic mass is 19.1. The molecule has 4 heteroatoms. The third-order valence-electron chi connectivity index (χ3n) is 2.54. The predicted molar refractivity (Wildman–Crippen MR) is 73.8 cm³/mol. The smallest absolute Gasteiger partial charge is 0.123 e. The maximum atomic E-state index is 12.7. The minimum absolute atomic E-state index is 0.239. The van der Waals surface area contributed by atoms with Gasteiger partial charge in [-0.2, -0.15) is 5.10 Å². The number of hydrazone groups is 1. The number of benzene rings is 2. The van der Waals surface area contributed by atoms with Gasteiger partial charge in [-0.05, 0) is 47.5 Å². The van der Waals surface area contributed by atoms with Crippen molar-refractivity contribution in [3.63, 3.8) is 0 Å². The molecule has 0 radical (unpaired) electrons. The van der Waals surface area contributed by atoms with E-state index in [4.69, 9.17) is 4.74 Å². The van der Waals surface area contributed by atoms with E-state index in [-0.39, 0.29) is 5.82 Å². The van der Waals surface area contributed by atoms with Crippen molar-refractivity contribution in [1.82, 2.24) is 5.43 Å². The van der Waals surface area contributed by atoms with Crippen molar-refractivity contribution in [2.24, 2.45) is 5.10 Å². The summed E-state index contributed by atoms with van der Waals surface area (Å²) >= 11 is 0. The third-order valence-corrected chi connectivity index (χ3v) is 2.54. The zero-order valence-electron chi connectivity index (χ0n) is 10.6. The Hall–Kier alpha value is -2.36. The van der Waals surface area contributed by atoms with E-state index >= 15 is 0 Å². The molecule has 0 aliphatic rings. The first kappa shape index (κ1) is 13.1. The summed E-state index contributed by atoms with van der Waals surface area (Å²) in [6, 6.07) is 13.9. The summed E-state index contributed by atoms with van der Waals surface area (Å²) in [5.74, 6) is 0.530. The lowest BCUT2D eigenvalue weighted by atomic mass is 10.2. The van der Waals surface area contributed by atoms with Gasteiger partial charge in [0.2, 0.25) is 0 Å². The number of hydrogen-bond donors (Lipinski definition) is 1. The molecule has 2 aromatic carbocycles. The Bertz CT molecular complexity index is 535. The summed E-state index contributed by atoms with van der Waals surface area (Å²) in [6.45, 7) is 0.421. The van der Waals surface area contributed by atoms with E-state index in [2.05, 4.69) is 10.5 Å². The molecule has 0 bridgehead atoms. The van der Waals surface area contributed by atoms with Crippen LogP contribution in [0.3, 0.4) is 0 Å². The van der Waals surface area contributed by atoms with E-state index in [1.54, 1.807) is 25.4 Å². The summed E-state index contributed by atoms with van der Waals surface area (Å²) in [7, 11) is 1.75. The molecule has 2 rings (SSSR count). The van der Waals surface area contributed by atoms with Crippen LogP contribution in [-0.2, 0) is 6.61 Å². The monoisotopic (exact) mass is 258 g/mol. The number of nitrogens with zero attached hydrogens (tertiary/aromatic N) is 1. The number of ether oxygens (including phenoxy) is 1. The van der Waals surface area contributed by atoms with Gasteiger partial charge in [-0.25, -0.2) is 4.39 Å². The quantitative estimate of drug-likeness (QED) is 0.660. The Balaban J connectivity index is 1.92. The number of hydrogen-bond acceptors (Lipinski definition) is 3. The van der Waals surface area contributed by atoms with E-state index in [1.165, 1.54) is 12.1 Å². The topological polar surface area (TPSA) is 33.6 Å². The van der Waals surface area contributed by atoms with Crippen LogP contribution in [0.1, 0.15) is 11.1 Å². The molecule has 0 aliphatic carbocycles. The Kier molecular flexibility index (Phi) is 4.50. The first-order valence-corrected chi connectivity index (χ1v) is 5.95. The molecule has 3 nitrogen and oxygen atoms in total. The van der Waals surface area contributed by atoms with Gasteiger partial charge < -0.3 is 10.2 Å². The van der Waals surface area contributed by atoms with E-state index < -0.39 is 0 Å². The maximum Gasteiger partial charge on any atom is 0.123 e. The molecule has 0 heterocycles. The molecule has 0 saturated carbocycles. The first-order valence-electron chi connectivity index (χ1n) is 5.95. The summed E-state index contributed by atoms with van der Waals surface area (Å²) in [6.07, 6.45) is 1.73. The zero-order chi connectivity index (χ0) is 13.5. The molecule has 0 saturated heterocycles. The van der Waals surface area contributed by atoms with E-state index in [0.29, 0.717) is 6.61 Å². The fraction of sp³-hybridized carbons (Fsp3) is 0.133. The van der Waals surface area contributed by atoms with Crippen molar-refractivity contribution < 1.29 is 9.13 Å². The minimum atomic E-state index is -0.239. The lowest BCUT2D eigenvalue weighted by molar-refractivity contribution is 0.306. The minimum Gasteiger partial charge on any atom is -0.489 e. The van der Waals surface area contributed by atoms with Crippen molar-refractivity contribution >= 4 is 6.21 Å². The van der Waals surface area contributed by atoms with E-state index in [1.807, 2.05) is 24.3 Å². The second-order valence-corrected chi connectivity index (χ2v) is 3.97. The van der Waals surface area contributed by atoms with Crippen molar-refractivity contribution in [2.45, 2.75) is 6.61 Å². The van der Waals surface area contributed by atoms with Gasteiger partial charge in [0, 0.05) is 7.05 Å². The molecule has 0 atom stereocenters. The summed E-state index contributed by atoms with van der Waals surface area (Å²) < 4.78 is 18.3. The number of halogens is 1. The Morgan fingerprint density at radius 2 is 1.79 bits per heavy atom. The van der Waals surface area contributed by atoms with Gasteiger partial charge in [-0.1, -0.05) is 12.1 Å². The lowest BCUT2D eigenvalue weighted by Gasteiger charge is -2.06. The second-order valence-electron chi connectivity index (χ2n) is 3.97. The molecule has 0 unspecified atom stereocenters. The SMILES string of the molecule is CN/N=C/c1ccc(OCc2ccc(F)cc2)cc1. The molecule has 98 valence electrons. The number of nitrogens with one attached hydrogen (secondary N) is 1. The van der Waals surface area contributed by atoms with Crippen molar-refractivity contribution in [3.8, 4) is 5.75 Å². The van der Waals surface area contributed by atoms with Crippen LogP contribution < -0.4 is 10.2 Å². The van der Waals surface area contributed by atoms with Crippen molar-refractivity contribution in [3.05, 3.63) is 65.5 Å². The van der Waals surface area contributed by atoms with E-state index in [9.17, 15) is 4.39 Å². The average molecular weight is 258 g/mol. The fourth-order valence-electron chi connectivity index (χ4n) is 1.54. The average Bonchev–Trinajstić information content (AvgIpc) is 2.46. The molecule has 0 fully saturated rings. The van der Waals surface area contributed by atoms with Crippen LogP contribution in [-0.4, -0.2) is 13.3 Å². The van der Waals surface area contributed by atoms with Gasteiger partial charge in [0.05, 0.1) is 6.21 Å². The van der Waals surface area contributed by atoms with Gasteiger partial charge in [0.15, 0.2) is 0 Å². The van der Waals surface area contributed by atoms with Gasteiger partial charge in [0.25, 0.3) is 0 Å². The van der Waals surface area contributed by atoms with Crippen LogP contribution >= 0.6 is 0 Å². The Morgan fingerprint density at radius 3 is 2.42 bits per heavy atom. The first-order chi connectivity index (χ1) is 9.28. The lowest BCUT2D eigenvalue weighted by Crippen LogP contribution is -1.96. The van der Waals surface area contributed by atoms with Crippen LogP contribution in [0.25, 0.3) is 0 Å². The highest BCUT2D eigenvalue weighted by Gasteiger charge is 1.97. The molecule has 19 heavy (non-hydrogen) atoms. The Morgan fingerprint density at radius 1 is 1.11 bits per heavy atom. The molecule has 0 spiro atoms. The van der Waals surface area contributed by atoms with Crippen LogP contribution in [0.2, 0.25) is 0 Å². The van der Waals surface area contributed by atoms with Crippen LogP contribution in [0, 0.1) is 5.82 Å². The van der Waals surface area contributed by atoms with Crippen molar-refractivity contribution in [2.75, 3.05) is 7.05 Å². The van der Waals surface area contributed by atoms with Crippen LogP contribution in [0.15, 0.2) is 53.6 Å². The predicted octanol–water partition coefficient (Wildman–Crippen LogP) is 2.96. The largest absolute Gasteiger partial charge is 0.489 e. The standard InChI is InChI=1S/C15H15FN2O/c1-17-18-10-12-4-8-15(9-5-12)19-11-13-2-6-14(16)7-3-13/h2-10,17H,11H2,1H3/b18-10+. The summed E-state index contributed by atoms with van der Waals surface area (Å²) in [4.78, 5) is 0. The van der Waals surface area contributed by atoms with Crippen LogP contribution in [0.4, 0.5) is 4.39 Å². The fourth-order valence-corrected chi connectivity index (χ4v) is 1.54.